The molecule has 1 atom stereocenters. The number of hydrogen-bond donors (Lipinski definition) is 2. The number of carbonyl (C=O) groups is 1. The summed E-state index contributed by atoms with van der Waals surface area (Å²) >= 11 is 0. The quantitative estimate of drug-likeness (QED) is 0.366. The maximum Gasteiger partial charge on any atom is 0.416 e. The second-order valence-corrected chi connectivity index (χ2v) is 7.78. The summed E-state index contributed by atoms with van der Waals surface area (Å²) in [6.07, 6.45) is -3.19. The van der Waals surface area contributed by atoms with E-state index in [1.165, 1.54) is 16.5 Å². The molecule has 6 nitrogen and oxygen atoms in total. The monoisotopic (exact) mass is 487 g/mol. The molecule has 0 unspecified atom stereocenters. The number of aliphatic hydroxyl groups excluding tert-OH is 1. The number of carbonyl (C=O) groups excluding carboxylic acids is 1. The van der Waals surface area contributed by atoms with Crippen LogP contribution in [0.1, 0.15) is 38.9 Å². The van der Waals surface area contributed by atoms with Crippen LogP contribution in [0.2, 0.25) is 0 Å². The fraction of sp³-hybridized carbons (Fsp3) is 0.200. The maximum atomic E-state index is 14.2. The minimum atomic E-state index is -4.75. The predicted molar refractivity (Wildman–Crippen MR) is 119 cm³/mol. The summed E-state index contributed by atoms with van der Waals surface area (Å²) in [5.41, 5.74) is -0.353. The van der Waals surface area contributed by atoms with Crippen molar-refractivity contribution in [3.63, 3.8) is 0 Å². The lowest BCUT2D eigenvalue weighted by Crippen LogP contribution is -2.32. The van der Waals surface area contributed by atoms with Crippen LogP contribution in [-0.2, 0) is 12.8 Å². The molecule has 0 bridgehead atoms. The molecule has 2 heterocycles. The van der Waals surface area contributed by atoms with Crippen molar-refractivity contribution in [1.29, 1.82) is 0 Å². The molecule has 2 N–H and O–H groups in total. The fourth-order valence-electron chi connectivity index (χ4n) is 3.81. The first kappa shape index (κ1) is 24.2. The van der Waals surface area contributed by atoms with Crippen molar-refractivity contribution in [3.05, 3.63) is 101 Å². The van der Waals surface area contributed by atoms with Gasteiger partial charge in [-0.25, -0.2) is 9.37 Å². The van der Waals surface area contributed by atoms with Crippen molar-refractivity contribution in [1.82, 2.24) is 14.7 Å². The van der Waals surface area contributed by atoms with Gasteiger partial charge in [0.05, 0.1) is 23.9 Å². The largest absolute Gasteiger partial charge is 0.485 e. The first-order valence-electron chi connectivity index (χ1n) is 10.6. The van der Waals surface area contributed by atoms with Crippen molar-refractivity contribution in [2.75, 3.05) is 6.61 Å². The Labute approximate surface area is 197 Å². The molecular weight excluding hydrogens is 466 g/mol. The molecule has 1 amide bonds. The maximum absolute atomic E-state index is 14.2. The first-order valence-corrected chi connectivity index (χ1v) is 10.6. The van der Waals surface area contributed by atoms with E-state index in [9.17, 15) is 27.5 Å². The molecule has 0 spiro atoms. The number of aryl methyl sites for hydroxylation is 1. The van der Waals surface area contributed by atoms with E-state index in [1.54, 1.807) is 37.4 Å². The van der Waals surface area contributed by atoms with Gasteiger partial charge in [0.2, 0.25) is 0 Å². The van der Waals surface area contributed by atoms with Crippen molar-refractivity contribution in [2.24, 2.45) is 0 Å². The number of aromatic nitrogens is 2. The van der Waals surface area contributed by atoms with Gasteiger partial charge in [-0.2, -0.15) is 13.2 Å². The van der Waals surface area contributed by atoms with E-state index in [0.717, 1.165) is 18.2 Å². The third-order valence-corrected chi connectivity index (χ3v) is 5.49. The summed E-state index contributed by atoms with van der Waals surface area (Å²) < 4.78 is 61.1. The normalized spacial score (nSPS) is 12.5. The van der Waals surface area contributed by atoms with Gasteiger partial charge in [0.25, 0.3) is 5.91 Å². The van der Waals surface area contributed by atoms with Gasteiger partial charge >= 0.3 is 6.18 Å². The zero-order chi connectivity index (χ0) is 25.2. The van der Waals surface area contributed by atoms with Crippen LogP contribution in [0.3, 0.4) is 0 Å². The highest BCUT2D eigenvalue weighted by molar-refractivity contribution is 5.95. The number of pyridine rings is 1. The van der Waals surface area contributed by atoms with E-state index < -0.39 is 41.7 Å². The Kier molecular flexibility index (Phi) is 6.74. The Balaban J connectivity index is 1.63. The highest BCUT2D eigenvalue weighted by Crippen LogP contribution is 2.34. The van der Waals surface area contributed by atoms with E-state index in [2.05, 4.69) is 10.3 Å². The highest BCUT2D eigenvalue weighted by atomic mass is 19.4. The number of rotatable bonds is 7. The number of nitrogens with zero attached hydrogens (tertiary/aromatic N) is 2. The number of fused-ring (bicyclic) bond motifs is 1. The Hall–Kier alpha value is -3.92. The molecular formula is C25H21F4N3O3. The van der Waals surface area contributed by atoms with E-state index in [0.29, 0.717) is 11.3 Å². The highest BCUT2D eigenvalue weighted by Gasteiger charge is 2.34. The summed E-state index contributed by atoms with van der Waals surface area (Å²) in [4.78, 5) is 17.4. The number of ether oxygens (including phenoxy) is 1. The summed E-state index contributed by atoms with van der Waals surface area (Å²) in [6, 6.07) is 14.0. The Morgan fingerprint density at radius 1 is 1.11 bits per heavy atom. The van der Waals surface area contributed by atoms with Crippen molar-refractivity contribution in [2.45, 2.75) is 25.7 Å². The molecule has 0 saturated heterocycles. The summed E-state index contributed by atoms with van der Waals surface area (Å²) in [6.45, 7) is 0.583. The zero-order valence-corrected chi connectivity index (χ0v) is 18.5. The van der Waals surface area contributed by atoms with E-state index in [-0.39, 0.29) is 23.7 Å². The molecule has 2 aromatic heterocycles. The van der Waals surface area contributed by atoms with Crippen molar-refractivity contribution in [3.8, 4) is 5.75 Å². The van der Waals surface area contributed by atoms with Crippen molar-refractivity contribution >= 4 is 11.6 Å². The number of amides is 1. The number of aliphatic hydroxyl groups is 1. The van der Waals surface area contributed by atoms with Gasteiger partial charge in [-0.05, 0) is 36.8 Å². The van der Waals surface area contributed by atoms with Crippen LogP contribution in [-0.4, -0.2) is 27.0 Å². The average Bonchev–Trinajstić information content (AvgIpc) is 3.18. The summed E-state index contributed by atoms with van der Waals surface area (Å²) in [7, 11) is 0. The Morgan fingerprint density at radius 2 is 1.86 bits per heavy atom. The van der Waals surface area contributed by atoms with Gasteiger partial charge < -0.3 is 15.2 Å². The number of imidazole rings is 1. The molecule has 0 fully saturated rings. The molecule has 0 aliphatic heterocycles. The first-order chi connectivity index (χ1) is 16.7. The van der Waals surface area contributed by atoms with Gasteiger partial charge in [0.1, 0.15) is 18.1 Å². The van der Waals surface area contributed by atoms with Crippen LogP contribution < -0.4 is 10.1 Å². The van der Waals surface area contributed by atoms with Crippen molar-refractivity contribution < 1.29 is 32.2 Å². The molecule has 0 aliphatic rings. The van der Waals surface area contributed by atoms with Crippen LogP contribution >= 0.6 is 0 Å². The fourth-order valence-corrected chi connectivity index (χ4v) is 3.81. The average molecular weight is 487 g/mol. The summed E-state index contributed by atoms with van der Waals surface area (Å²) in [5.74, 6) is -1.47. The van der Waals surface area contributed by atoms with Gasteiger partial charge in [-0.15, -0.1) is 0 Å². The molecule has 2 aromatic carbocycles. The molecule has 0 saturated carbocycles. The number of alkyl halides is 3. The SMILES string of the molecule is Cc1nc2c(OCc3c(F)cccc3C(F)(F)F)cccn2c1C(=O)N[C@@H](CO)c1ccccc1. The number of halogens is 4. The van der Waals surface area contributed by atoms with Crippen LogP contribution in [0.25, 0.3) is 5.65 Å². The van der Waals surface area contributed by atoms with Crippen LogP contribution in [0.4, 0.5) is 17.6 Å². The van der Waals surface area contributed by atoms with E-state index in [4.69, 9.17) is 4.74 Å². The van der Waals surface area contributed by atoms with Crippen LogP contribution in [0, 0.1) is 12.7 Å². The molecule has 10 heteroatoms. The third kappa shape index (κ3) is 4.97. The topological polar surface area (TPSA) is 75.9 Å². The van der Waals surface area contributed by atoms with Gasteiger partial charge in [0.15, 0.2) is 11.4 Å². The molecule has 35 heavy (non-hydrogen) atoms. The zero-order valence-electron chi connectivity index (χ0n) is 18.5. The lowest BCUT2D eigenvalue weighted by atomic mass is 10.1. The molecule has 182 valence electrons. The molecule has 4 rings (SSSR count). The molecule has 0 aliphatic carbocycles. The third-order valence-electron chi connectivity index (χ3n) is 5.49. The standard InChI is InChI=1S/C25H21F4N3O3/c1-15-22(24(34)31-20(13-33)16-7-3-2-4-8-16)32-12-6-11-21(23(32)30-15)35-14-17-18(25(27,28)29)9-5-10-19(17)26/h2-12,20,33H,13-14H2,1H3,(H,31,34)/t20-/m0/s1. The second kappa shape index (κ2) is 9.75. The van der Waals surface area contributed by atoms with Gasteiger partial charge in [-0.3, -0.25) is 9.20 Å². The van der Waals surface area contributed by atoms with E-state index in [1.807, 2.05) is 6.07 Å². The number of hydrogen-bond acceptors (Lipinski definition) is 4. The molecule has 4 aromatic rings. The minimum absolute atomic E-state index is 0.0767. The van der Waals surface area contributed by atoms with E-state index >= 15 is 0 Å². The van der Waals surface area contributed by atoms with Gasteiger partial charge in [0, 0.05) is 11.8 Å². The smallest absolute Gasteiger partial charge is 0.416 e. The number of benzene rings is 2. The Morgan fingerprint density at radius 3 is 2.54 bits per heavy atom. The Bertz CT molecular complexity index is 1350. The second-order valence-electron chi connectivity index (χ2n) is 7.78. The van der Waals surface area contributed by atoms with Gasteiger partial charge in [-0.1, -0.05) is 36.4 Å². The number of nitrogens with one attached hydrogen (secondary N) is 1. The van der Waals surface area contributed by atoms with Crippen LogP contribution in [0.5, 0.6) is 5.75 Å². The lowest BCUT2D eigenvalue weighted by molar-refractivity contribution is -0.138. The lowest BCUT2D eigenvalue weighted by Gasteiger charge is -2.17. The minimum Gasteiger partial charge on any atom is -0.485 e. The molecule has 0 radical (unpaired) electrons. The predicted octanol–water partition coefficient (Wildman–Crippen LogP) is 4.84. The summed E-state index contributed by atoms with van der Waals surface area (Å²) in [5, 5.41) is 12.5. The van der Waals surface area contributed by atoms with Crippen LogP contribution in [0.15, 0.2) is 66.9 Å².